The number of carbonyl (C=O) groups is 4. The average molecular weight is 843 g/mol. The molecule has 15 nitrogen and oxygen atoms in total. The smallest absolute Gasteiger partial charge is 0.329 e. The fraction of sp³-hybridized carbons (Fsp3) is 0.455. The number of rotatable bonds is 8. The van der Waals surface area contributed by atoms with E-state index in [4.69, 9.17) is 23.7 Å². The SMILES string of the molecule is COc1c(C)cc2c(c1O)[C@H]1C3[C@@H]4SC[C@H](NC(=O)C(NC(=O)/C=C/c5ccccc5)C(C)C)C(=O)OC[C@@H](c5c6c(c(C)c(OC(C)=O)c54)OCO6)N3[C@@H](O)[C@@H](C2)N1C. The number of hydrogen-bond donors (Lipinski definition) is 4. The number of phenols is 1. The zero-order valence-corrected chi connectivity index (χ0v) is 35.3. The molecular formula is C44H50N4O11S. The lowest BCUT2D eigenvalue weighted by Crippen LogP contribution is -2.69. The van der Waals surface area contributed by atoms with E-state index < -0.39 is 71.5 Å². The number of esters is 2. The van der Waals surface area contributed by atoms with E-state index in [1.165, 1.54) is 31.9 Å². The highest BCUT2D eigenvalue weighted by Crippen LogP contribution is 2.63. The minimum Gasteiger partial charge on any atom is -0.504 e. The number of nitrogens with zero attached hydrogens (tertiary/aromatic N) is 2. The maximum absolute atomic E-state index is 14.1. The third-order valence-corrected chi connectivity index (χ3v) is 13.7. The van der Waals surface area contributed by atoms with Crippen molar-refractivity contribution in [2.75, 3.05) is 33.3 Å². The van der Waals surface area contributed by atoms with Crippen molar-refractivity contribution in [2.45, 2.75) is 88.8 Å². The van der Waals surface area contributed by atoms with Gasteiger partial charge >= 0.3 is 11.9 Å². The number of fused-ring (bicyclic) bond motifs is 10. The molecule has 16 heteroatoms. The number of methoxy groups -OCH3 is 1. The van der Waals surface area contributed by atoms with Gasteiger partial charge in [-0.15, -0.1) is 11.8 Å². The van der Waals surface area contributed by atoms with Crippen LogP contribution in [0.25, 0.3) is 6.08 Å². The van der Waals surface area contributed by atoms with Crippen LogP contribution >= 0.6 is 11.8 Å². The fourth-order valence-electron chi connectivity index (χ4n) is 9.61. The normalized spacial score (nSPS) is 26.1. The molecule has 2 unspecified atom stereocenters. The Morgan fingerprint density at radius 3 is 2.47 bits per heavy atom. The van der Waals surface area contributed by atoms with Gasteiger partial charge in [0.25, 0.3) is 0 Å². The molecule has 3 aromatic rings. The molecule has 4 N–H and O–H groups in total. The van der Waals surface area contributed by atoms with Crippen LogP contribution < -0.4 is 29.6 Å². The third-order valence-electron chi connectivity index (χ3n) is 12.3. The van der Waals surface area contributed by atoms with Crippen LogP contribution in [-0.4, -0.2) is 107 Å². The van der Waals surface area contributed by atoms with Crippen molar-refractivity contribution in [3.8, 4) is 28.7 Å². The van der Waals surface area contributed by atoms with Crippen LogP contribution in [0.3, 0.4) is 0 Å². The van der Waals surface area contributed by atoms with Crippen LogP contribution in [0.15, 0.2) is 42.5 Å². The van der Waals surface area contributed by atoms with Crippen molar-refractivity contribution in [2.24, 2.45) is 5.92 Å². The number of aryl methyl sites for hydroxylation is 1. The summed E-state index contributed by atoms with van der Waals surface area (Å²) in [6, 6.07) is 6.66. The van der Waals surface area contributed by atoms with E-state index in [1.807, 2.05) is 55.3 Å². The summed E-state index contributed by atoms with van der Waals surface area (Å²) in [7, 11) is 3.42. The van der Waals surface area contributed by atoms with Gasteiger partial charge in [0, 0.05) is 47.0 Å². The Kier molecular flexibility index (Phi) is 11.3. The second-order valence-electron chi connectivity index (χ2n) is 16.3. The molecule has 6 aliphatic heterocycles. The van der Waals surface area contributed by atoms with E-state index in [0.717, 1.165) is 16.7 Å². The molecule has 0 radical (unpaired) electrons. The first-order valence-corrected chi connectivity index (χ1v) is 21.1. The molecule has 4 bridgehead atoms. The van der Waals surface area contributed by atoms with Gasteiger partial charge in [-0.2, -0.15) is 0 Å². The van der Waals surface area contributed by atoms with E-state index in [2.05, 4.69) is 15.5 Å². The summed E-state index contributed by atoms with van der Waals surface area (Å²) in [5.41, 5.74) is 4.79. The van der Waals surface area contributed by atoms with Gasteiger partial charge in [0.1, 0.15) is 30.7 Å². The number of amides is 2. The van der Waals surface area contributed by atoms with E-state index in [9.17, 15) is 29.4 Å². The van der Waals surface area contributed by atoms with Crippen molar-refractivity contribution in [3.05, 3.63) is 81.4 Å². The number of piperazine rings is 1. The van der Waals surface area contributed by atoms with Crippen LogP contribution in [0.2, 0.25) is 0 Å². The largest absolute Gasteiger partial charge is 0.504 e. The zero-order valence-electron chi connectivity index (χ0n) is 34.5. The van der Waals surface area contributed by atoms with Crippen molar-refractivity contribution < 1.29 is 53.1 Å². The first-order chi connectivity index (χ1) is 28.7. The molecule has 0 saturated carbocycles. The van der Waals surface area contributed by atoms with Gasteiger partial charge in [0.2, 0.25) is 18.6 Å². The summed E-state index contributed by atoms with van der Waals surface area (Å²) in [5.74, 6) is -1.27. The summed E-state index contributed by atoms with van der Waals surface area (Å²) < 4.78 is 30.0. The molecule has 9 rings (SSSR count). The van der Waals surface area contributed by atoms with Crippen LogP contribution in [-0.2, 0) is 30.3 Å². The standard InChI is InChI=1S/C44H50N4O11S/c1-20(2)33(46-29(50)14-13-24-11-9-8-10-12-24)42(52)45-26-18-60-41-32-31(40-39(57-19-58-40)22(4)38(32)59-23(5)49)28(17-56-44(26)54)48-35(41)34-30-25(16-27(43(48)53)47(34)6)15-21(3)37(55-7)36(30)51/h8-15,20,26-28,33-35,41,43,51,53H,16-19H2,1-7H3,(H,45,52)(H,46,50)/b14-13+/t26-,27+,28-,33?,34-,35?,41+,43-/m0/s1. The number of benzene rings is 3. The number of thioether (sulfide) groups is 1. The topological polar surface area (TPSA) is 185 Å². The molecule has 2 amide bonds. The summed E-state index contributed by atoms with van der Waals surface area (Å²) in [4.78, 5) is 58.1. The first-order valence-electron chi connectivity index (χ1n) is 20.0. The van der Waals surface area contributed by atoms with Crippen LogP contribution in [0.5, 0.6) is 28.7 Å². The predicted octanol–water partition coefficient (Wildman–Crippen LogP) is 4.00. The highest BCUT2D eigenvalue weighted by atomic mass is 32.2. The Morgan fingerprint density at radius 1 is 1.03 bits per heavy atom. The number of aromatic hydroxyl groups is 1. The van der Waals surface area contributed by atoms with Crippen molar-refractivity contribution in [1.29, 1.82) is 0 Å². The van der Waals surface area contributed by atoms with Crippen molar-refractivity contribution >= 4 is 41.6 Å². The first kappa shape index (κ1) is 41.4. The van der Waals surface area contributed by atoms with E-state index in [0.29, 0.717) is 45.9 Å². The minimum atomic E-state index is -1.17. The van der Waals surface area contributed by atoms with Gasteiger partial charge in [-0.3, -0.25) is 24.2 Å². The number of aliphatic hydroxyl groups is 1. The lowest BCUT2D eigenvalue weighted by Gasteiger charge is -2.62. The number of aliphatic hydroxyl groups excluding tert-OH is 1. The monoisotopic (exact) mass is 842 g/mol. The summed E-state index contributed by atoms with van der Waals surface area (Å²) >= 11 is 1.32. The number of hydrogen-bond acceptors (Lipinski definition) is 14. The Hall–Kier alpha value is -5.29. The van der Waals surface area contributed by atoms with Crippen LogP contribution in [0, 0.1) is 19.8 Å². The Bertz CT molecular complexity index is 2270. The lowest BCUT2D eigenvalue weighted by atomic mass is 9.73. The third kappa shape index (κ3) is 7.02. The summed E-state index contributed by atoms with van der Waals surface area (Å²) in [6.07, 6.45) is 2.33. The molecule has 0 aromatic heterocycles. The number of likely N-dealkylation sites (N-methyl/N-ethyl adjacent to an activating group) is 1. The molecule has 0 spiro atoms. The molecule has 318 valence electrons. The summed E-state index contributed by atoms with van der Waals surface area (Å²) in [6.45, 7) is 8.18. The van der Waals surface area contributed by atoms with Crippen molar-refractivity contribution in [3.63, 3.8) is 0 Å². The number of nitrogens with one attached hydrogen (secondary N) is 2. The molecule has 6 heterocycles. The number of phenolic OH excluding ortho intramolecular Hbond substituents is 1. The zero-order chi connectivity index (χ0) is 42.7. The molecular weight excluding hydrogens is 793 g/mol. The van der Waals surface area contributed by atoms with Gasteiger partial charge in [0.05, 0.1) is 30.5 Å². The van der Waals surface area contributed by atoms with Gasteiger partial charge in [0.15, 0.2) is 23.0 Å². The van der Waals surface area contributed by atoms with Crippen LogP contribution in [0.1, 0.15) is 77.0 Å². The average Bonchev–Trinajstić information content (AvgIpc) is 3.71. The molecule has 8 atom stereocenters. The molecule has 0 aliphatic carbocycles. The highest BCUT2D eigenvalue weighted by Gasteiger charge is 2.60. The fourth-order valence-corrected chi connectivity index (χ4v) is 11.1. The van der Waals surface area contributed by atoms with E-state index in [1.54, 1.807) is 26.8 Å². The Labute approximate surface area is 352 Å². The molecule has 60 heavy (non-hydrogen) atoms. The van der Waals surface area contributed by atoms with Gasteiger partial charge in [-0.1, -0.05) is 50.2 Å². The van der Waals surface area contributed by atoms with E-state index in [-0.39, 0.29) is 36.6 Å². The second kappa shape index (κ2) is 16.3. The van der Waals surface area contributed by atoms with E-state index >= 15 is 0 Å². The van der Waals surface area contributed by atoms with Gasteiger partial charge in [-0.05, 0) is 56.0 Å². The maximum Gasteiger partial charge on any atom is 0.329 e. The minimum absolute atomic E-state index is 0.00337. The second-order valence-corrected chi connectivity index (χ2v) is 17.4. The molecule has 2 fully saturated rings. The molecule has 2 saturated heterocycles. The number of ether oxygens (including phenoxy) is 5. The Balaban J connectivity index is 1.22. The van der Waals surface area contributed by atoms with Crippen LogP contribution in [0.4, 0.5) is 0 Å². The maximum atomic E-state index is 14.1. The highest BCUT2D eigenvalue weighted by molar-refractivity contribution is 7.99. The van der Waals surface area contributed by atoms with Gasteiger partial charge in [-0.25, -0.2) is 4.79 Å². The van der Waals surface area contributed by atoms with Crippen molar-refractivity contribution in [1.82, 2.24) is 20.4 Å². The number of carbonyl (C=O) groups excluding carboxylic acids is 4. The summed E-state index contributed by atoms with van der Waals surface area (Å²) in [5, 5.41) is 29.5. The molecule has 3 aromatic carbocycles. The quantitative estimate of drug-likeness (QED) is 0.145. The van der Waals surface area contributed by atoms with Gasteiger partial charge < -0.3 is 44.5 Å². The Morgan fingerprint density at radius 2 is 1.77 bits per heavy atom. The molecule has 6 aliphatic rings. The lowest BCUT2D eigenvalue weighted by molar-refractivity contribution is -0.184. The predicted molar refractivity (Wildman–Crippen MR) is 221 cm³/mol.